The fourth-order valence-corrected chi connectivity index (χ4v) is 4.84. The zero-order chi connectivity index (χ0) is 23.7. The Hall–Kier alpha value is -3.79. The van der Waals surface area contributed by atoms with E-state index >= 15 is 0 Å². The molecule has 1 N–H and O–H groups in total. The molecule has 0 spiro atoms. The third-order valence-corrected chi connectivity index (χ3v) is 6.39. The predicted octanol–water partition coefficient (Wildman–Crippen LogP) is 4.73. The zero-order valence-electron chi connectivity index (χ0n) is 19.2. The molecule has 7 heteroatoms. The summed E-state index contributed by atoms with van der Waals surface area (Å²) in [7, 11) is 1.99. The van der Waals surface area contributed by atoms with Crippen molar-refractivity contribution in [3.8, 4) is 6.07 Å². The Morgan fingerprint density at radius 3 is 2.67 bits per heavy atom. The van der Waals surface area contributed by atoms with Crippen LogP contribution in [0, 0.1) is 18.3 Å². The van der Waals surface area contributed by atoms with Gasteiger partial charge in [0.1, 0.15) is 0 Å². The van der Waals surface area contributed by atoms with Crippen LogP contribution in [0.25, 0.3) is 21.9 Å². The molecule has 1 unspecified atom stereocenters. The first-order valence-electron chi connectivity index (χ1n) is 11.3. The smallest absolute Gasteiger partial charge is 0.329 e. The van der Waals surface area contributed by atoms with Gasteiger partial charge in [-0.3, -0.25) is 13.9 Å². The van der Waals surface area contributed by atoms with Crippen LogP contribution >= 0.6 is 0 Å². The molecule has 2 heterocycles. The number of carboxylic acid groups (broad SMARTS) is 1. The lowest BCUT2D eigenvalue weighted by Gasteiger charge is -2.16. The number of carboxylic acids is 1. The Bertz CT molecular complexity index is 1450. The molecule has 7 nitrogen and oxygen atoms in total. The standard InChI is InChI=1S/C26H28N4O3/c1-4-5-8-20(13-24(31)32)30-23-12-18(14-27)10-11-21(23)29(26(30)33)16-19-15-28(3)22-9-6-7-17(2)25(19)22/h6-7,9-12,15,20H,4-5,8,13,16H2,1-3H3,(H,31,32). The Morgan fingerprint density at radius 1 is 1.18 bits per heavy atom. The third kappa shape index (κ3) is 4.05. The fourth-order valence-electron chi connectivity index (χ4n) is 4.84. The van der Waals surface area contributed by atoms with Crippen LogP contribution in [-0.4, -0.2) is 24.8 Å². The zero-order valence-corrected chi connectivity index (χ0v) is 19.2. The van der Waals surface area contributed by atoms with E-state index < -0.39 is 12.0 Å². The maximum absolute atomic E-state index is 13.7. The molecule has 0 aliphatic heterocycles. The highest BCUT2D eigenvalue weighted by atomic mass is 16.4. The summed E-state index contributed by atoms with van der Waals surface area (Å²) in [6.07, 6.45) is 4.22. The summed E-state index contributed by atoms with van der Waals surface area (Å²) < 4.78 is 5.36. The van der Waals surface area contributed by atoms with Crippen molar-refractivity contribution >= 4 is 27.9 Å². The molecule has 0 aliphatic carbocycles. The van der Waals surface area contributed by atoms with Crippen molar-refractivity contribution in [2.45, 2.75) is 52.1 Å². The van der Waals surface area contributed by atoms with E-state index in [9.17, 15) is 20.0 Å². The molecule has 0 amide bonds. The van der Waals surface area contributed by atoms with Crippen LogP contribution in [0.2, 0.25) is 0 Å². The Morgan fingerprint density at radius 2 is 1.97 bits per heavy atom. The fraction of sp³-hybridized carbons (Fsp3) is 0.346. The number of nitrogens with zero attached hydrogens (tertiary/aromatic N) is 4. The molecule has 0 radical (unpaired) electrons. The molecule has 33 heavy (non-hydrogen) atoms. The summed E-state index contributed by atoms with van der Waals surface area (Å²) in [5.74, 6) is -0.940. The maximum Gasteiger partial charge on any atom is 0.329 e. The Balaban J connectivity index is 1.93. The number of hydrogen-bond donors (Lipinski definition) is 1. The van der Waals surface area contributed by atoms with Crippen molar-refractivity contribution < 1.29 is 9.90 Å². The molecule has 4 aromatic rings. The van der Waals surface area contributed by atoms with Gasteiger partial charge >= 0.3 is 11.7 Å². The second kappa shape index (κ2) is 8.99. The van der Waals surface area contributed by atoms with Crippen molar-refractivity contribution in [3.63, 3.8) is 0 Å². The molecular formula is C26H28N4O3. The largest absolute Gasteiger partial charge is 0.481 e. The minimum Gasteiger partial charge on any atom is -0.481 e. The van der Waals surface area contributed by atoms with E-state index in [1.807, 2.05) is 26.2 Å². The molecule has 1 atom stereocenters. The summed E-state index contributed by atoms with van der Waals surface area (Å²) in [4.78, 5) is 25.4. The lowest BCUT2D eigenvalue weighted by Crippen LogP contribution is -2.29. The minimum atomic E-state index is -0.940. The van der Waals surface area contributed by atoms with Crippen molar-refractivity contribution in [2.75, 3.05) is 0 Å². The number of hydrogen-bond acceptors (Lipinski definition) is 3. The van der Waals surface area contributed by atoms with Gasteiger partial charge in [-0.25, -0.2) is 4.79 Å². The van der Waals surface area contributed by atoms with E-state index in [-0.39, 0.29) is 12.1 Å². The van der Waals surface area contributed by atoms with Crippen molar-refractivity contribution in [3.05, 3.63) is 69.8 Å². The summed E-state index contributed by atoms with van der Waals surface area (Å²) in [5, 5.41) is 20.1. The van der Waals surface area contributed by atoms with Gasteiger partial charge in [0.2, 0.25) is 0 Å². The number of aromatic nitrogens is 3. The number of rotatable bonds is 8. The van der Waals surface area contributed by atoms with Crippen LogP contribution in [0.3, 0.4) is 0 Å². The number of aryl methyl sites for hydroxylation is 2. The minimum absolute atomic E-state index is 0.136. The first-order chi connectivity index (χ1) is 15.8. The summed E-state index contributed by atoms with van der Waals surface area (Å²) in [6.45, 7) is 4.47. The molecular weight excluding hydrogens is 416 g/mol. The van der Waals surface area contributed by atoms with Crippen molar-refractivity contribution in [1.82, 2.24) is 13.7 Å². The first kappa shape index (κ1) is 22.4. The summed E-state index contributed by atoms with van der Waals surface area (Å²) in [5.41, 5.74) is 4.78. The van der Waals surface area contributed by atoms with Crippen LogP contribution in [0.4, 0.5) is 0 Å². The summed E-state index contributed by atoms with van der Waals surface area (Å²) >= 11 is 0. The maximum atomic E-state index is 13.7. The van der Waals surface area contributed by atoms with E-state index in [2.05, 4.69) is 29.7 Å². The van der Waals surface area contributed by atoms with Gasteiger partial charge in [0.25, 0.3) is 0 Å². The molecule has 0 aliphatic rings. The van der Waals surface area contributed by atoms with Gasteiger partial charge in [-0.1, -0.05) is 31.9 Å². The van der Waals surface area contributed by atoms with E-state index in [1.165, 1.54) is 0 Å². The quantitative estimate of drug-likeness (QED) is 0.425. The van der Waals surface area contributed by atoms with Crippen LogP contribution in [0.5, 0.6) is 0 Å². The second-order valence-electron chi connectivity index (χ2n) is 8.68. The third-order valence-electron chi connectivity index (χ3n) is 6.39. The highest BCUT2D eigenvalue weighted by Crippen LogP contribution is 2.28. The van der Waals surface area contributed by atoms with Gasteiger partial charge in [0.15, 0.2) is 0 Å². The molecule has 0 saturated carbocycles. The number of benzene rings is 2. The monoisotopic (exact) mass is 444 g/mol. The number of carbonyl (C=O) groups is 1. The SMILES string of the molecule is CCCCC(CC(=O)O)n1c(=O)n(Cc2cn(C)c3cccc(C)c23)c2ccc(C#N)cc21. The van der Waals surface area contributed by atoms with E-state index in [4.69, 9.17) is 0 Å². The van der Waals surface area contributed by atoms with Gasteiger partial charge in [-0.2, -0.15) is 5.26 Å². The highest BCUT2D eigenvalue weighted by Gasteiger charge is 2.23. The van der Waals surface area contributed by atoms with Crippen LogP contribution < -0.4 is 5.69 Å². The Kier molecular flexibility index (Phi) is 6.10. The molecule has 0 saturated heterocycles. The van der Waals surface area contributed by atoms with Crippen molar-refractivity contribution in [2.24, 2.45) is 7.05 Å². The number of unbranched alkanes of at least 4 members (excludes halogenated alkanes) is 1. The number of nitriles is 1. The number of fused-ring (bicyclic) bond motifs is 2. The Labute approximate surface area is 192 Å². The molecule has 0 bridgehead atoms. The predicted molar refractivity (Wildman–Crippen MR) is 128 cm³/mol. The number of imidazole rings is 1. The average molecular weight is 445 g/mol. The second-order valence-corrected chi connectivity index (χ2v) is 8.68. The highest BCUT2D eigenvalue weighted by molar-refractivity contribution is 5.87. The van der Waals surface area contributed by atoms with Gasteiger partial charge < -0.3 is 9.67 Å². The van der Waals surface area contributed by atoms with E-state index in [1.54, 1.807) is 27.3 Å². The molecule has 2 aromatic carbocycles. The topological polar surface area (TPSA) is 92.9 Å². The van der Waals surface area contributed by atoms with E-state index in [0.29, 0.717) is 29.6 Å². The lowest BCUT2D eigenvalue weighted by atomic mass is 10.1. The molecule has 170 valence electrons. The van der Waals surface area contributed by atoms with Gasteiger partial charge in [0.05, 0.1) is 35.6 Å². The van der Waals surface area contributed by atoms with Crippen LogP contribution in [-0.2, 0) is 18.4 Å². The molecule has 4 rings (SSSR count). The van der Waals surface area contributed by atoms with E-state index in [0.717, 1.165) is 34.9 Å². The average Bonchev–Trinajstić information content (AvgIpc) is 3.25. The number of aliphatic carboxylic acids is 1. The van der Waals surface area contributed by atoms with Gasteiger partial charge in [-0.05, 0) is 48.7 Å². The normalized spacial score (nSPS) is 12.3. The van der Waals surface area contributed by atoms with Gasteiger partial charge in [-0.15, -0.1) is 0 Å². The lowest BCUT2D eigenvalue weighted by molar-refractivity contribution is -0.137. The molecule has 2 aromatic heterocycles. The van der Waals surface area contributed by atoms with Crippen LogP contribution in [0.15, 0.2) is 47.4 Å². The van der Waals surface area contributed by atoms with Crippen LogP contribution in [0.1, 0.15) is 55.3 Å². The van der Waals surface area contributed by atoms with Gasteiger partial charge in [0, 0.05) is 30.2 Å². The summed E-state index contributed by atoms with van der Waals surface area (Å²) in [6, 6.07) is 13.0. The molecule has 0 fully saturated rings. The first-order valence-corrected chi connectivity index (χ1v) is 11.3. The van der Waals surface area contributed by atoms with Crippen molar-refractivity contribution in [1.29, 1.82) is 5.26 Å².